The molecule has 0 radical (unpaired) electrons. The number of hydrogen-bond donors (Lipinski definition) is 1. The third-order valence-electron chi connectivity index (χ3n) is 3.94. The molecular formula is C17H21F3N2O4. The van der Waals surface area contributed by atoms with Crippen LogP contribution in [0.2, 0.25) is 0 Å². The maximum atomic E-state index is 12.8. The lowest BCUT2D eigenvalue weighted by atomic mass is 9.97. The van der Waals surface area contributed by atoms with E-state index < -0.39 is 35.6 Å². The lowest BCUT2D eigenvalue weighted by molar-refractivity contribution is -0.142. The second kappa shape index (κ2) is 7.13. The maximum Gasteiger partial charge on any atom is 0.433 e. The maximum absolute atomic E-state index is 12.8. The van der Waals surface area contributed by atoms with E-state index in [0.717, 1.165) is 17.2 Å². The number of hydrogen-bond acceptors (Lipinski definition) is 4. The molecule has 1 N–H and O–H groups in total. The number of carboxylic acid groups (broad SMARTS) is 1. The Morgan fingerprint density at radius 2 is 2.00 bits per heavy atom. The van der Waals surface area contributed by atoms with Crippen molar-refractivity contribution in [1.29, 1.82) is 0 Å². The molecule has 0 saturated carbocycles. The predicted molar refractivity (Wildman–Crippen MR) is 85.4 cm³/mol. The molecule has 26 heavy (non-hydrogen) atoms. The monoisotopic (exact) mass is 374 g/mol. The number of amides is 1. The van der Waals surface area contributed by atoms with E-state index in [1.165, 1.54) is 6.07 Å². The molecule has 1 amide bonds. The van der Waals surface area contributed by atoms with E-state index >= 15 is 0 Å². The lowest BCUT2D eigenvalue weighted by Gasteiger charge is -2.26. The molecule has 0 bridgehead atoms. The first-order chi connectivity index (χ1) is 11.9. The SMILES string of the molecule is CC(C)(C)OC(=O)N1CC(Cc2ccnc(C(F)(F)F)c2)CC1C(=O)O. The second-order valence-electron chi connectivity index (χ2n) is 7.34. The standard InChI is InChI=1S/C17H21F3N2O4/c1-16(2,3)26-15(25)22-9-11(7-12(22)14(23)24)6-10-4-5-21-13(8-10)17(18,19)20/h4-5,8,11-12H,6-7,9H2,1-3H3,(H,23,24). The molecule has 0 aliphatic carbocycles. The number of pyridine rings is 1. The molecule has 144 valence electrons. The minimum Gasteiger partial charge on any atom is -0.480 e. The zero-order chi connectivity index (χ0) is 19.7. The topological polar surface area (TPSA) is 79.7 Å². The molecule has 1 fully saturated rings. The van der Waals surface area contributed by atoms with E-state index in [1.54, 1.807) is 20.8 Å². The van der Waals surface area contributed by atoms with Gasteiger partial charge in [0.15, 0.2) is 0 Å². The van der Waals surface area contributed by atoms with Gasteiger partial charge in [-0.2, -0.15) is 13.2 Å². The van der Waals surface area contributed by atoms with Crippen molar-refractivity contribution in [2.75, 3.05) is 6.54 Å². The van der Waals surface area contributed by atoms with Gasteiger partial charge in [0.2, 0.25) is 0 Å². The third kappa shape index (κ3) is 5.09. The summed E-state index contributed by atoms with van der Waals surface area (Å²) < 4.78 is 43.5. The number of rotatable bonds is 3. The summed E-state index contributed by atoms with van der Waals surface area (Å²) in [6.07, 6.45) is -3.84. The number of nitrogens with zero attached hydrogens (tertiary/aromatic N) is 2. The average molecular weight is 374 g/mol. The Hall–Kier alpha value is -2.32. The second-order valence-corrected chi connectivity index (χ2v) is 7.34. The first-order valence-corrected chi connectivity index (χ1v) is 8.11. The average Bonchev–Trinajstić information content (AvgIpc) is 2.89. The zero-order valence-corrected chi connectivity index (χ0v) is 14.7. The molecule has 1 aliphatic heterocycles. The van der Waals surface area contributed by atoms with Crippen molar-refractivity contribution in [3.05, 3.63) is 29.6 Å². The van der Waals surface area contributed by atoms with Crippen LogP contribution in [0.5, 0.6) is 0 Å². The summed E-state index contributed by atoms with van der Waals surface area (Å²) in [5.74, 6) is -1.45. The molecule has 1 saturated heterocycles. The zero-order valence-electron chi connectivity index (χ0n) is 14.7. The molecule has 6 nitrogen and oxygen atoms in total. The first-order valence-electron chi connectivity index (χ1n) is 8.11. The Kier molecular flexibility index (Phi) is 5.48. The summed E-state index contributed by atoms with van der Waals surface area (Å²) >= 11 is 0. The number of carboxylic acids is 1. The van der Waals surface area contributed by atoms with Crippen LogP contribution in [0.1, 0.15) is 38.4 Å². The molecule has 9 heteroatoms. The number of likely N-dealkylation sites (tertiary alicyclic amines) is 1. The molecule has 1 aliphatic rings. The van der Waals surface area contributed by atoms with E-state index in [2.05, 4.69) is 4.98 Å². The minimum absolute atomic E-state index is 0.107. The highest BCUT2D eigenvalue weighted by Crippen LogP contribution is 2.31. The van der Waals surface area contributed by atoms with Crippen LogP contribution in [0.25, 0.3) is 0 Å². The van der Waals surface area contributed by atoms with E-state index in [-0.39, 0.29) is 25.3 Å². The highest BCUT2D eigenvalue weighted by atomic mass is 19.4. The summed E-state index contributed by atoms with van der Waals surface area (Å²) in [6.45, 7) is 5.12. The fraction of sp³-hybridized carbons (Fsp3) is 0.588. The van der Waals surface area contributed by atoms with Gasteiger partial charge in [-0.05, 0) is 57.2 Å². The fourth-order valence-electron chi connectivity index (χ4n) is 2.92. The lowest BCUT2D eigenvalue weighted by Crippen LogP contribution is -2.43. The number of ether oxygens (including phenoxy) is 1. The molecule has 1 aromatic heterocycles. The number of halogens is 3. The number of carbonyl (C=O) groups excluding carboxylic acids is 1. The van der Waals surface area contributed by atoms with Crippen molar-refractivity contribution >= 4 is 12.1 Å². The number of aromatic nitrogens is 1. The van der Waals surface area contributed by atoms with E-state index in [9.17, 15) is 27.9 Å². The van der Waals surface area contributed by atoms with Gasteiger partial charge < -0.3 is 9.84 Å². The van der Waals surface area contributed by atoms with E-state index in [0.29, 0.717) is 5.56 Å². The van der Waals surface area contributed by atoms with Gasteiger partial charge in [0.05, 0.1) is 0 Å². The fourth-order valence-corrected chi connectivity index (χ4v) is 2.92. The quantitative estimate of drug-likeness (QED) is 0.878. The first kappa shape index (κ1) is 20.0. The Morgan fingerprint density at radius 1 is 1.35 bits per heavy atom. The van der Waals surface area contributed by atoms with Crippen molar-refractivity contribution in [1.82, 2.24) is 9.88 Å². The van der Waals surface area contributed by atoms with Gasteiger partial charge in [-0.25, -0.2) is 9.59 Å². The van der Waals surface area contributed by atoms with Crippen LogP contribution in [0, 0.1) is 5.92 Å². The van der Waals surface area contributed by atoms with Crippen LogP contribution in [-0.2, 0) is 22.1 Å². The van der Waals surface area contributed by atoms with Crippen molar-refractivity contribution in [2.24, 2.45) is 5.92 Å². The Morgan fingerprint density at radius 3 is 2.54 bits per heavy atom. The van der Waals surface area contributed by atoms with Crippen molar-refractivity contribution in [3.63, 3.8) is 0 Å². The van der Waals surface area contributed by atoms with Gasteiger partial charge in [-0.15, -0.1) is 0 Å². The molecule has 1 aromatic rings. The molecule has 0 spiro atoms. The van der Waals surface area contributed by atoms with Gasteiger partial charge >= 0.3 is 18.2 Å². The highest BCUT2D eigenvalue weighted by Gasteiger charge is 2.41. The summed E-state index contributed by atoms with van der Waals surface area (Å²) in [7, 11) is 0. The number of aliphatic carboxylic acids is 1. The predicted octanol–water partition coefficient (Wildman–Crippen LogP) is 3.35. The van der Waals surface area contributed by atoms with E-state index in [1.807, 2.05) is 0 Å². The summed E-state index contributed by atoms with van der Waals surface area (Å²) in [6, 6.07) is 1.35. The van der Waals surface area contributed by atoms with Crippen molar-refractivity contribution in [3.8, 4) is 0 Å². The van der Waals surface area contributed by atoms with Crippen LogP contribution in [-0.4, -0.2) is 45.2 Å². The van der Waals surface area contributed by atoms with Crippen LogP contribution in [0.3, 0.4) is 0 Å². The summed E-state index contributed by atoms with van der Waals surface area (Å²) in [5, 5.41) is 9.36. The summed E-state index contributed by atoms with van der Waals surface area (Å²) in [4.78, 5) is 28.1. The smallest absolute Gasteiger partial charge is 0.433 e. The van der Waals surface area contributed by atoms with Gasteiger partial charge in [0, 0.05) is 12.7 Å². The molecule has 0 aromatic carbocycles. The normalized spacial score (nSPS) is 20.9. The Labute approximate surface area is 149 Å². The molecule has 2 heterocycles. The van der Waals surface area contributed by atoms with Crippen molar-refractivity contribution < 1.29 is 32.6 Å². The Balaban J connectivity index is 2.12. The summed E-state index contributed by atoms with van der Waals surface area (Å²) in [5.41, 5.74) is -1.37. The largest absolute Gasteiger partial charge is 0.480 e. The van der Waals surface area contributed by atoms with Gasteiger partial charge in [0.25, 0.3) is 0 Å². The van der Waals surface area contributed by atoms with Crippen molar-refractivity contribution in [2.45, 2.75) is 51.4 Å². The molecular weight excluding hydrogens is 353 g/mol. The third-order valence-corrected chi connectivity index (χ3v) is 3.94. The van der Waals surface area contributed by atoms with E-state index in [4.69, 9.17) is 4.74 Å². The van der Waals surface area contributed by atoms with Crippen LogP contribution < -0.4 is 0 Å². The van der Waals surface area contributed by atoms with Crippen LogP contribution >= 0.6 is 0 Å². The van der Waals surface area contributed by atoms with Gasteiger partial charge in [0.1, 0.15) is 17.3 Å². The number of alkyl halides is 3. The Bertz CT molecular complexity index is 685. The molecule has 2 unspecified atom stereocenters. The number of carbonyl (C=O) groups is 2. The van der Waals surface area contributed by atoms with Gasteiger partial charge in [-0.1, -0.05) is 0 Å². The van der Waals surface area contributed by atoms with Crippen LogP contribution in [0.4, 0.5) is 18.0 Å². The molecule has 2 rings (SSSR count). The van der Waals surface area contributed by atoms with Gasteiger partial charge in [-0.3, -0.25) is 9.88 Å². The minimum atomic E-state index is -4.54. The van der Waals surface area contributed by atoms with Crippen LogP contribution in [0.15, 0.2) is 18.3 Å². The highest BCUT2D eigenvalue weighted by molar-refractivity contribution is 5.81. The molecule has 2 atom stereocenters.